The summed E-state index contributed by atoms with van der Waals surface area (Å²) in [5.74, 6) is 0.662. The Balaban J connectivity index is 1.56. The number of nitrogens with zero attached hydrogens (tertiary/aromatic N) is 4. The molecule has 30 heavy (non-hydrogen) atoms. The Morgan fingerprint density at radius 3 is 2.93 bits per heavy atom. The number of halogens is 1. The zero-order chi connectivity index (χ0) is 20.9. The third kappa shape index (κ3) is 4.80. The number of aromatic nitrogens is 1. The Kier molecular flexibility index (Phi) is 6.30. The third-order valence-corrected chi connectivity index (χ3v) is 6.18. The van der Waals surface area contributed by atoms with Crippen molar-refractivity contribution in [2.75, 3.05) is 0 Å². The molecule has 0 aliphatic carbocycles. The van der Waals surface area contributed by atoms with Crippen LogP contribution in [0.15, 0.2) is 75.7 Å². The molecule has 3 heterocycles. The molecule has 1 aliphatic heterocycles. The maximum absolute atomic E-state index is 13.1. The van der Waals surface area contributed by atoms with E-state index in [0.29, 0.717) is 28.9 Å². The van der Waals surface area contributed by atoms with E-state index in [1.807, 2.05) is 43.3 Å². The molecule has 1 unspecified atom stereocenters. The number of pyridine rings is 1. The van der Waals surface area contributed by atoms with Crippen molar-refractivity contribution in [1.29, 1.82) is 0 Å². The quantitative estimate of drug-likeness (QED) is 0.412. The van der Waals surface area contributed by atoms with Crippen LogP contribution < -0.4 is 0 Å². The second-order valence-corrected chi connectivity index (χ2v) is 8.39. The average Bonchev–Trinajstić information content (AvgIpc) is 3.36. The first-order chi connectivity index (χ1) is 14.6. The molecule has 0 bridgehead atoms. The molecule has 1 fully saturated rings. The normalized spacial score (nSPS) is 18.1. The molecule has 8 heteroatoms. The van der Waals surface area contributed by atoms with E-state index in [9.17, 15) is 4.79 Å². The van der Waals surface area contributed by atoms with Gasteiger partial charge in [0.05, 0.1) is 24.3 Å². The number of rotatable bonds is 6. The van der Waals surface area contributed by atoms with Crippen molar-refractivity contribution in [3.8, 4) is 0 Å². The smallest absolute Gasteiger partial charge is 0.242 e. The maximum atomic E-state index is 13.1. The van der Waals surface area contributed by atoms with Crippen molar-refractivity contribution in [1.82, 2.24) is 9.88 Å². The van der Waals surface area contributed by atoms with Crippen molar-refractivity contribution >= 4 is 40.7 Å². The van der Waals surface area contributed by atoms with Crippen LogP contribution >= 0.6 is 23.4 Å². The number of carbonyl (C=O) groups is 1. The van der Waals surface area contributed by atoms with Gasteiger partial charge in [0.25, 0.3) is 0 Å². The van der Waals surface area contributed by atoms with Gasteiger partial charge in [-0.1, -0.05) is 41.6 Å². The highest BCUT2D eigenvalue weighted by atomic mass is 35.5. The number of hydrogen-bond donors (Lipinski definition) is 0. The fourth-order valence-electron chi connectivity index (χ4n) is 2.99. The zero-order valence-corrected chi connectivity index (χ0v) is 17.8. The third-order valence-electron chi connectivity index (χ3n) is 4.61. The van der Waals surface area contributed by atoms with Gasteiger partial charge in [-0.2, -0.15) is 5.10 Å². The molecule has 0 radical (unpaired) electrons. The van der Waals surface area contributed by atoms with Gasteiger partial charge >= 0.3 is 0 Å². The molecular weight excluding hydrogens is 420 g/mol. The summed E-state index contributed by atoms with van der Waals surface area (Å²) in [7, 11) is 0. The molecule has 0 spiro atoms. The number of hydrogen-bond acceptors (Lipinski definition) is 6. The molecule has 152 valence electrons. The van der Waals surface area contributed by atoms with Gasteiger partial charge in [-0.25, -0.2) is 0 Å². The Bertz CT molecular complexity index is 1080. The summed E-state index contributed by atoms with van der Waals surface area (Å²) in [5, 5.41) is 9.42. The first-order valence-electron chi connectivity index (χ1n) is 9.36. The van der Waals surface area contributed by atoms with Crippen molar-refractivity contribution in [3.63, 3.8) is 0 Å². The predicted molar refractivity (Wildman–Crippen MR) is 120 cm³/mol. The van der Waals surface area contributed by atoms with Gasteiger partial charge in [0.2, 0.25) is 5.91 Å². The molecule has 1 atom stereocenters. The minimum Gasteiger partial charge on any atom is -0.467 e. The lowest BCUT2D eigenvalue weighted by atomic mass is 10.1. The first-order valence-corrected chi connectivity index (χ1v) is 10.6. The van der Waals surface area contributed by atoms with Crippen LogP contribution in [0.4, 0.5) is 0 Å². The average molecular weight is 439 g/mol. The van der Waals surface area contributed by atoms with Gasteiger partial charge in [-0.05, 0) is 48.7 Å². The highest BCUT2D eigenvalue weighted by molar-refractivity contribution is 8.15. The number of thioether (sulfide) groups is 1. The van der Waals surface area contributed by atoms with Gasteiger partial charge in [0.1, 0.15) is 5.76 Å². The SMILES string of the molecule is Cc1ccc(CC2SC(=NN=Cc3cccnc3)N(Cc3ccco3)C2=O)cc1Cl. The fraction of sp³-hybridized carbons (Fsp3) is 0.182. The van der Waals surface area contributed by atoms with Crippen LogP contribution in [0.2, 0.25) is 5.02 Å². The van der Waals surface area contributed by atoms with Crippen LogP contribution in [-0.2, 0) is 17.8 Å². The Labute approximate surface area is 183 Å². The molecule has 3 aromatic rings. The summed E-state index contributed by atoms with van der Waals surface area (Å²) in [4.78, 5) is 18.8. The van der Waals surface area contributed by atoms with Crippen LogP contribution in [-0.4, -0.2) is 32.4 Å². The van der Waals surface area contributed by atoms with Gasteiger partial charge < -0.3 is 4.42 Å². The van der Waals surface area contributed by atoms with Gasteiger partial charge in [0, 0.05) is 23.0 Å². The molecule has 0 N–H and O–H groups in total. The van der Waals surface area contributed by atoms with Gasteiger partial charge in [-0.3, -0.25) is 14.7 Å². The summed E-state index contributed by atoms with van der Waals surface area (Å²) in [5.41, 5.74) is 2.85. The van der Waals surface area contributed by atoms with Crippen LogP contribution in [0.3, 0.4) is 0 Å². The van der Waals surface area contributed by atoms with E-state index in [-0.39, 0.29) is 11.2 Å². The summed E-state index contributed by atoms with van der Waals surface area (Å²) in [6.07, 6.45) is 7.15. The number of amides is 1. The molecular formula is C22H19ClN4O2S. The minimum atomic E-state index is -0.300. The number of furan rings is 1. The molecule has 2 aromatic heterocycles. The molecule has 1 aromatic carbocycles. The number of carbonyl (C=O) groups excluding carboxylic acids is 1. The van der Waals surface area contributed by atoms with Gasteiger partial charge in [-0.15, -0.1) is 5.10 Å². The van der Waals surface area contributed by atoms with E-state index in [2.05, 4.69) is 15.2 Å². The summed E-state index contributed by atoms with van der Waals surface area (Å²) >= 11 is 7.65. The lowest BCUT2D eigenvalue weighted by molar-refractivity contribution is -0.126. The van der Waals surface area contributed by atoms with E-state index in [1.165, 1.54) is 11.8 Å². The van der Waals surface area contributed by atoms with Crippen molar-refractivity contribution < 1.29 is 9.21 Å². The van der Waals surface area contributed by atoms with Crippen LogP contribution in [0.1, 0.15) is 22.5 Å². The Morgan fingerprint density at radius 1 is 1.30 bits per heavy atom. The van der Waals surface area contributed by atoms with E-state index in [0.717, 1.165) is 16.7 Å². The van der Waals surface area contributed by atoms with Crippen LogP contribution in [0, 0.1) is 6.92 Å². The van der Waals surface area contributed by atoms with Gasteiger partial charge in [0.15, 0.2) is 5.17 Å². The summed E-state index contributed by atoms with van der Waals surface area (Å²) < 4.78 is 5.43. The Hall–Kier alpha value is -2.90. The molecule has 1 amide bonds. The second kappa shape index (κ2) is 9.28. The van der Waals surface area contributed by atoms with Crippen molar-refractivity contribution in [2.24, 2.45) is 10.2 Å². The Morgan fingerprint density at radius 2 is 2.20 bits per heavy atom. The largest absolute Gasteiger partial charge is 0.467 e. The lowest BCUT2D eigenvalue weighted by Gasteiger charge is -2.14. The molecule has 4 rings (SSSR count). The first kappa shape index (κ1) is 20.4. The van der Waals surface area contributed by atoms with Crippen LogP contribution in [0.5, 0.6) is 0 Å². The zero-order valence-electron chi connectivity index (χ0n) is 16.2. The highest BCUT2D eigenvalue weighted by Crippen LogP contribution is 2.32. The topological polar surface area (TPSA) is 71.1 Å². The second-order valence-electron chi connectivity index (χ2n) is 6.81. The minimum absolute atomic E-state index is 0.0246. The number of amidine groups is 1. The highest BCUT2D eigenvalue weighted by Gasteiger charge is 2.38. The summed E-state index contributed by atoms with van der Waals surface area (Å²) in [6.45, 7) is 2.27. The monoisotopic (exact) mass is 438 g/mol. The van der Waals surface area contributed by atoms with E-state index in [4.69, 9.17) is 16.0 Å². The predicted octanol–water partition coefficient (Wildman–Crippen LogP) is 4.71. The molecule has 0 saturated carbocycles. The summed E-state index contributed by atoms with van der Waals surface area (Å²) in [6, 6.07) is 13.2. The molecule has 1 saturated heterocycles. The number of benzene rings is 1. The fourth-order valence-corrected chi connectivity index (χ4v) is 4.33. The lowest BCUT2D eigenvalue weighted by Crippen LogP contribution is -2.32. The molecule has 6 nitrogen and oxygen atoms in total. The van der Waals surface area contributed by atoms with E-state index in [1.54, 1.807) is 35.8 Å². The standard InChI is InChI=1S/C22H19ClN4O2S/c1-15-6-7-16(10-19(15)23)11-20-21(28)27(14-18-5-3-9-29-18)22(30-20)26-25-13-17-4-2-8-24-12-17/h2-10,12-13,20H,11,14H2,1H3. The van der Waals surface area contributed by atoms with Crippen molar-refractivity contribution in [2.45, 2.75) is 25.1 Å². The molecule has 1 aliphatic rings. The van der Waals surface area contributed by atoms with E-state index >= 15 is 0 Å². The van der Waals surface area contributed by atoms with Crippen LogP contribution in [0.25, 0.3) is 0 Å². The van der Waals surface area contributed by atoms with Crippen molar-refractivity contribution in [3.05, 3.63) is 88.6 Å². The number of aryl methyl sites for hydroxylation is 1. The van der Waals surface area contributed by atoms with E-state index < -0.39 is 0 Å². The maximum Gasteiger partial charge on any atom is 0.242 e.